The van der Waals surface area contributed by atoms with Gasteiger partial charge in [-0.3, -0.25) is 0 Å². The van der Waals surface area contributed by atoms with E-state index in [-0.39, 0.29) is 5.60 Å². The molecule has 98 valence electrons. The molecule has 0 amide bonds. The van der Waals surface area contributed by atoms with Gasteiger partial charge in [0.15, 0.2) is 0 Å². The quantitative estimate of drug-likeness (QED) is 0.826. The summed E-state index contributed by atoms with van der Waals surface area (Å²) in [7, 11) is 3.76. The van der Waals surface area contributed by atoms with E-state index in [1.54, 1.807) is 7.11 Å². The zero-order valence-corrected chi connectivity index (χ0v) is 11.9. The molecular weight excluding hydrogens is 214 g/mol. The monoisotopic (exact) mass is 239 g/mol. The predicted molar refractivity (Wildman–Crippen MR) is 70.3 cm³/mol. The van der Waals surface area contributed by atoms with Gasteiger partial charge in [-0.1, -0.05) is 0 Å². The molecule has 3 heteroatoms. The summed E-state index contributed by atoms with van der Waals surface area (Å²) >= 11 is 0. The van der Waals surface area contributed by atoms with Crippen LogP contribution in [0.25, 0.3) is 0 Å². The highest BCUT2D eigenvalue weighted by molar-refractivity contribution is 5.24. The fourth-order valence-electron chi connectivity index (χ4n) is 2.05. The molecule has 0 aliphatic rings. The van der Waals surface area contributed by atoms with Gasteiger partial charge in [-0.25, -0.2) is 0 Å². The minimum absolute atomic E-state index is 0.0677. The number of ether oxygens (including phenoxy) is 1. The molecule has 1 aromatic heterocycles. The maximum atomic E-state index is 5.58. The van der Waals surface area contributed by atoms with E-state index in [0.717, 1.165) is 24.4 Å². The lowest BCUT2D eigenvalue weighted by molar-refractivity contribution is 0.0118. The standard InChI is InChI=1S/C14H25NO2/c1-10-9-12(11(2)17-10)13(15-5)7-8-14(3,4)16-6/h9,13,15H,7-8H2,1-6H3. The van der Waals surface area contributed by atoms with Crippen LogP contribution in [0.1, 0.15) is 49.8 Å². The highest BCUT2D eigenvalue weighted by Crippen LogP contribution is 2.28. The van der Waals surface area contributed by atoms with Crippen LogP contribution in [0.15, 0.2) is 10.5 Å². The summed E-state index contributed by atoms with van der Waals surface area (Å²) in [5.41, 5.74) is 1.19. The van der Waals surface area contributed by atoms with Crippen LogP contribution in [0.2, 0.25) is 0 Å². The number of furan rings is 1. The third-order valence-electron chi connectivity index (χ3n) is 3.39. The molecule has 1 N–H and O–H groups in total. The van der Waals surface area contributed by atoms with Crippen molar-refractivity contribution in [1.29, 1.82) is 0 Å². The van der Waals surface area contributed by atoms with Gasteiger partial charge in [-0.05, 0) is 53.7 Å². The molecule has 1 rings (SSSR count). The van der Waals surface area contributed by atoms with Crippen LogP contribution in [0.5, 0.6) is 0 Å². The number of methoxy groups -OCH3 is 1. The van der Waals surface area contributed by atoms with Crippen molar-refractivity contribution in [2.75, 3.05) is 14.2 Å². The van der Waals surface area contributed by atoms with E-state index in [4.69, 9.17) is 9.15 Å². The minimum Gasteiger partial charge on any atom is -0.466 e. The van der Waals surface area contributed by atoms with Gasteiger partial charge in [0.05, 0.1) is 5.60 Å². The van der Waals surface area contributed by atoms with Gasteiger partial charge in [0, 0.05) is 18.7 Å². The van der Waals surface area contributed by atoms with Gasteiger partial charge >= 0.3 is 0 Å². The number of rotatable bonds is 6. The van der Waals surface area contributed by atoms with Crippen LogP contribution in [-0.4, -0.2) is 19.8 Å². The zero-order valence-electron chi connectivity index (χ0n) is 11.9. The Labute approximate surface area is 105 Å². The zero-order chi connectivity index (χ0) is 13.1. The van der Waals surface area contributed by atoms with Crippen molar-refractivity contribution < 1.29 is 9.15 Å². The number of nitrogens with one attached hydrogen (secondary N) is 1. The van der Waals surface area contributed by atoms with Crippen LogP contribution >= 0.6 is 0 Å². The number of hydrogen-bond donors (Lipinski definition) is 1. The normalized spacial score (nSPS) is 14.0. The third kappa shape index (κ3) is 3.86. The Morgan fingerprint density at radius 2 is 2.06 bits per heavy atom. The molecule has 0 aromatic carbocycles. The molecule has 1 atom stereocenters. The summed E-state index contributed by atoms with van der Waals surface area (Å²) < 4.78 is 11.0. The van der Waals surface area contributed by atoms with Crippen LogP contribution in [0.4, 0.5) is 0 Å². The molecule has 0 aliphatic carbocycles. The summed E-state index contributed by atoms with van der Waals surface area (Å²) in [6.45, 7) is 8.25. The van der Waals surface area contributed by atoms with Crippen molar-refractivity contribution in [3.8, 4) is 0 Å². The average Bonchev–Trinajstić information content (AvgIpc) is 2.59. The second-order valence-electron chi connectivity index (χ2n) is 5.21. The Morgan fingerprint density at radius 1 is 1.41 bits per heavy atom. The summed E-state index contributed by atoms with van der Waals surface area (Å²) in [5.74, 6) is 1.99. The first-order chi connectivity index (χ1) is 7.89. The Morgan fingerprint density at radius 3 is 2.47 bits per heavy atom. The highest BCUT2D eigenvalue weighted by Gasteiger charge is 2.21. The number of aryl methyl sites for hydroxylation is 2. The van der Waals surface area contributed by atoms with E-state index in [9.17, 15) is 0 Å². The van der Waals surface area contributed by atoms with E-state index in [1.165, 1.54) is 5.56 Å². The lowest BCUT2D eigenvalue weighted by atomic mass is 9.95. The van der Waals surface area contributed by atoms with Crippen LogP contribution in [-0.2, 0) is 4.74 Å². The molecule has 0 fully saturated rings. The fourth-order valence-corrected chi connectivity index (χ4v) is 2.05. The molecule has 1 unspecified atom stereocenters. The summed E-state index contributed by atoms with van der Waals surface area (Å²) in [6.07, 6.45) is 2.05. The summed E-state index contributed by atoms with van der Waals surface area (Å²) in [5, 5.41) is 3.35. The summed E-state index contributed by atoms with van der Waals surface area (Å²) in [6, 6.07) is 2.46. The molecule has 0 saturated heterocycles. The lowest BCUT2D eigenvalue weighted by Gasteiger charge is -2.25. The van der Waals surface area contributed by atoms with Crippen molar-refractivity contribution in [1.82, 2.24) is 5.32 Å². The first-order valence-electron chi connectivity index (χ1n) is 6.19. The first kappa shape index (κ1) is 14.3. The molecule has 0 radical (unpaired) electrons. The van der Waals surface area contributed by atoms with E-state index in [1.807, 2.05) is 20.9 Å². The van der Waals surface area contributed by atoms with Crippen LogP contribution in [0, 0.1) is 13.8 Å². The topological polar surface area (TPSA) is 34.4 Å². The van der Waals surface area contributed by atoms with E-state index < -0.39 is 0 Å². The van der Waals surface area contributed by atoms with Gasteiger partial charge in [-0.15, -0.1) is 0 Å². The molecule has 0 bridgehead atoms. The molecule has 1 heterocycles. The fraction of sp³-hybridized carbons (Fsp3) is 0.714. The lowest BCUT2D eigenvalue weighted by Crippen LogP contribution is -2.26. The van der Waals surface area contributed by atoms with Gasteiger partial charge in [-0.2, -0.15) is 0 Å². The Bertz CT molecular complexity index is 355. The second-order valence-corrected chi connectivity index (χ2v) is 5.21. The Balaban J connectivity index is 2.70. The van der Waals surface area contributed by atoms with Crippen molar-refractivity contribution in [3.05, 3.63) is 23.2 Å². The molecule has 0 saturated carbocycles. The van der Waals surface area contributed by atoms with Crippen molar-refractivity contribution in [2.45, 2.75) is 52.2 Å². The van der Waals surface area contributed by atoms with Crippen LogP contribution in [0.3, 0.4) is 0 Å². The van der Waals surface area contributed by atoms with Gasteiger partial charge in [0.25, 0.3) is 0 Å². The van der Waals surface area contributed by atoms with Gasteiger partial charge < -0.3 is 14.5 Å². The summed E-state index contributed by atoms with van der Waals surface area (Å²) in [4.78, 5) is 0. The highest BCUT2D eigenvalue weighted by atomic mass is 16.5. The first-order valence-corrected chi connectivity index (χ1v) is 6.19. The maximum absolute atomic E-state index is 5.58. The Kier molecular flexibility index (Phi) is 4.78. The predicted octanol–water partition coefficient (Wildman–Crippen LogP) is 3.36. The third-order valence-corrected chi connectivity index (χ3v) is 3.39. The molecule has 0 aliphatic heterocycles. The van der Waals surface area contributed by atoms with Crippen LogP contribution < -0.4 is 5.32 Å². The van der Waals surface area contributed by atoms with Crippen molar-refractivity contribution >= 4 is 0 Å². The molecule has 1 aromatic rings. The van der Waals surface area contributed by atoms with E-state index in [0.29, 0.717) is 6.04 Å². The number of hydrogen-bond acceptors (Lipinski definition) is 3. The SMILES string of the molecule is CNC(CCC(C)(C)OC)c1cc(C)oc1C. The second kappa shape index (κ2) is 5.69. The smallest absolute Gasteiger partial charge is 0.105 e. The largest absolute Gasteiger partial charge is 0.466 e. The van der Waals surface area contributed by atoms with Gasteiger partial charge in [0.1, 0.15) is 11.5 Å². The van der Waals surface area contributed by atoms with E-state index >= 15 is 0 Å². The maximum Gasteiger partial charge on any atom is 0.105 e. The molecule has 17 heavy (non-hydrogen) atoms. The Hall–Kier alpha value is -0.800. The van der Waals surface area contributed by atoms with E-state index in [2.05, 4.69) is 25.2 Å². The minimum atomic E-state index is -0.0677. The molecular formula is C14H25NO2. The van der Waals surface area contributed by atoms with Gasteiger partial charge in [0.2, 0.25) is 0 Å². The molecule has 0 spiro atoms. The van der Waals surface area contributed by atoms with Crippen molar-refractivity contribution in [3.63, 3.8) is 0 Å². The molecule has 3 nitrogen and oxygen atoms in total. The average molecular weight is 239 g/mol. The van der Waals surface area contributed by atoms with Crippen molar-refractivity contribution in [2.24, 2.45) is 0 Å².